The van der Waals surface area contributed by atoms with Gasteiger partial charge >= 0.3 is 0 Å². The number of carbonyl (C=O) groups is 1. The number of nitrogens with two attached hydrogens (primary N) is 1. The first kappa shape index (κ1) is 20.0. The summed E-state index contributed by atoms with van der Waals surface area (Å²) in [5.41, 5.74) is 10.5. The van der Waals surface area contributed by atoms with Crippen molar-refractivity contribution in [1.29, 1.82) is 5.26 Å². The number of aryl methyl sites for hydroxylation is 1. The van der Waals surface area contributed by atoms with E-state index in [1.54, 1.807) is 16.8 Å². The zero-order valence-electron chi connectivity index (χ0n) is 17.8. The highest BCUT2D eigenvalue weighted by Gasteiger charge is 2.25. The van der Waals surface area contributed by atoms with E-state index in [0.717, 1.165) is 40.7 Å². The van der Waals surface area contributed by atoms with Crippen molar-refractivity contribution in [2.75, 3.05) is 13.1 Å². The second kappa shape index (κ2) is 7.94. The van der Waals surface area contributed by atoms with Gasteiger partial charge in [0.1, 0.15) is 0 Å². The Bertz CT molecular complexity index is 1340. The number of aromatic nitrogens is 4. The van der Waals surface area contributed by atoms with Crippen LogP contribution in [0.3, 0.4) is 0 Å². The number of amides is 1. The van der Waals surface area contributed by atoms with E-state index >= 15 is 0 Å². The Morgan fingerprint density at radius 1 is 1.12 bits per heavy atom. The largest absolute Gasteiger partial charge is 0.337 e. The molecule has 0 bridgehead atoms. The topological polar surface area (TPSA) is 106 Å². The third-order valence-corrected chi connectivity index (χ3v) is 6.04. The van der Waals surface area contributed by atoms with Crippen molar-refractivity contribution in [3.05, 3.63) is 66.0 Å². The van der Waals surface area contributed by atoms with Crippen molar-refractivity contribution in [1.82, 2.24) is 24.5 Å². The fourth-order valence-corrected chi connectivity index (χ4v) is 4.15. The van der Waals surface area contributed by atoms with Gasteiger partial charge in [0.15, 0.2) is 5.69 Å². The maximum absolute atomic E-state index is 13.2. The van der Waals surface area contributed by atoms with Crippen LogP contribution in [0.5, 0.6) is 0 Å². The van der Waals surface area contributed by atoms with Crippen LogP contribution in [-0.2, 0) is 7.05 Å². The molecule has 8 nitrogen and oxygen atoms in total. The SMILES string of the molecule is Cn1ncc2cc(-c3cc(C(=O)N4CCC(N)CC4)nn3-c3ccc(C#N)cc3)ccc21. The number of carbonyl (C=O) groups excluding carboxylic acids is 1. The highest BCUT2D eigenvalue weighted by atomic mass is 16.2. The summed E-state index contributed by atoms with van der Waals surface area (Å²) in [6.07, 6.45) is 3.42. The summed E-state index contributed by atoms with van der Waals surface area (Å²) in [6.45, 7) is 1.28. The van der Waals surface area contributed by atoms with Crippen LogP contribution in [0.1, 0.15) is 28.9 Å². The number of nitriles is 1. The van der Waals surface area contributed by atoms with Crippen molar-refractivity contribution in [3.8, 4) is 23.0 Å². The molecule has 0 spiro atoms. The molecule has 5 rings (SSSR count). The average Bonchev–Trinajstić information content (AvgIpc) is 3.43. The Morgan fingerprint density at radius 3 is 2.59 bits per heavy atom. The zero-order chi connectivity index (χ0) is 22.2. The van der Waals surface area contributed by atoms with Gasteiger partial charge in [0.2, 0.25) is 0 Å². The van der Waals surface area contributed by atoms with E-state index in [-0.39, 0.29) is 11.9 Å². The van der Waals surface area contributed by atoms with E-state index in [1.807, 2.05) is 59.2 Å². The first-order valence-electron chi connectivity index (χ1n) is 10.6. The second-order valence-electron chi connectivity index (χ2n) is 8.16. The maximum atomic E-state index is 13.2. The van der Waals surface area contributed by atoms with Crippen LogP contribution in [0.4, 0.5) is 0 Å². The van der Waals surface area contributed by atoms with Gasteiger partial charge in [0.05, 0.1) is 34.7 Å². The summed E-state index contributed by atoms with van der Waals surface area (Å²) in [4.78, 5) is 15.0. The summed E-state index contributed by atoms with van der Waals surface area (Å²) < 4.78 is 3.59. The lowest BCUT2D eigenvalue weighted by Gasteiger charge is -2.29. The van der Waals surface area contributed by atoms with Gasteiger partial charge in [0.25, 0.3) is 5.91 Å². The van der Waals surface area contributed by atoms with E-state index < -0.39 is 0 Å². The van der Waals surface area contributed by atoms with Crippen LogP contribution in [0, 0.1) is 11.3 Å². The van der Waals surface area contributed by atoms with Gasteiger partial charge in [-0.15, -0.1) is 0 Å². The van der Waals surface area contributed by atoms with Gasteiger partial charge in [-0.25, -0.2) is 4.68 Å². The van der Waals surface area contributed by atoms with E-state index in [2.05, 4.69) is 16.3 Å². The van der Waals surface area contributed by atoms with Crippen LogP contribution in [-0.4, -0.2) is 49.5 Å². The predicted molar refractivity (Wildman–Crippen MR) is 121 cm³/mol. The summed E-state index contributed by atoms with van der Waals surface area (Å²) in [6, 6.07) is 17.4. The van der Waals surface area contributed by atoms with Gasteiger partial charge in [-0.1, -0.05) is 6.07 Å². The molecule has 3 heterocycles. The molecule has 2 N–H and O–H groups in total. The van der Waals surface area contributed by atoms with Gasteiger partial charge in [-0.3, -0.25) is 9.48 Å². The number of hydrogen-bond acceptors (Lipinski definition) is 5. The van der Waals surface area contributed by atoms with Crippen LogP contribution < -0.4 is 5.73 Å². The molecule has 2 aromatic carbocycles. The second-order valence-corrected chi connectivity index (χ2v) is 8.16. The maximum Gasteiger partial charge on any atom is 0.274 e. The number of likely N-dealkylation sites (tertiary alicyclic amines) is 1. The predicted octanol–water partition coefficient (Wildman–Crippen LogP) is 2.86. The molecule has 1 aliphatic rings. The highest BCUT2D eigenvalue weighted by Crippen LogP contribution is 2.28. The van der Waals surface area contributed by atoms with Crippen molar-refractivity contribution >= 4 is 16.8 Å². The van der Waals surface area contributed by atoms with Gasteiger partial charge in [-0.05, 0) is 55.3 Å². The molecule has 2 aromatic heterocycles. The Hall–Kier alpha value is -3.96. The van der Waals surface area contributed by atoms with Gasteiger partial charge < -0.3 is 10.6 Å². The fourth-order valence-electron chi connectivity index (χ4n) is 4.15. The zero-order valence-corrected chi connectivity index (χ0v) is 17.8. The van der Waals surface area contributed by atoms with Gasteiger partial charge in [-0.2, -0.15) is 15.5 Å². The fraction of sp³-hybridized carbons (Fsp3) is 0.250. The smallest absolute Gasteiger partial charge is 0.274 e. The van der Waals surface area contributed by atoms with Crippen LogP contribution >= 0.6 is 0 Å². The molecule has 4 aromatic rings. The molecular weight excluding hydrogens is 402 g/mol. The molecule has 1 fully saturated rings. The van der Waals surface area contributed by atoms with Crippen LogP contribution in [0.2, 0.25) is 0 Å². The lowest BCUT2D eigenvalue weighted by molar-refractivity contribution is 0.0708. The molecule has 160 valence electrons. The number of piperidine rings is 1. The Labute approximate surface area is 185 Å². The molecule has 1 amide bonds. The van der Waals surface area contributed by atoms with Gasteiger partial charge in [0, 0.05) is 37.1 Å². The minimum Gasteiger partial charge on any atom is -0.337 e. The number of benzene rings is 2. The third-order valence-electron chi connectivity index (χ3n) is 6.04. The normalized spacial score (nSPS) is 14.6. The molecule has 0 unspecified atom stereocenters. The summed E-state index contributed by atoms with van der Waals surface area (Å²) in [7, 11) is 1.91. The van der Waals surface area contributed by atoms with Crippen molar-refractivity contribution in [2.24, 2.45) is 12.8 Å². The molecule has 8 heteroatoms. The van der Waals surface area contributed by atoms with Crippen LogP contribution in [0.25, 0.3) is 27.8 Å². The lowest BCUT2D eigenvalue weighted by atomic mass is 10.1. The highest BCUT2D eigenvalue weighted by molar-refractivity contribution is 5.94. The summed E-state index contributed by atoms with van der Waals surface area (Å²) in [5.74, 6) is -0.0898. The minimum atomic E-state index is -0.0898. The quantitative estimate of drug-likeness (QED) is 0.543. The molecule has 0 atom stereocenters. The minimum absolute atomic E-state index is 0.0898. The van der Waals surface area contributed by atoms with Crippen molar-refractivity contribution in [2.45, 2.75) is 18.9 Å². The average molecular weight is 425 g/mol. The molecule has 32 heavy (non-hydrogen) atoms. The summed E-state index contributed by atoms with van der Waals surface area (Å²) >= 11 is 0. The summed E-state index contributed by atoms with van der Waals surface area (Å²) in [5, 5.41) is 19.2. The third kappa shape index (κ3) is 3.53. The number of rotatable bonds is 3. The molecule has 1 aliphatic heterocycles. The van der Waals surface area contributed by atoms with Crippen molar-refractivity contribution < 1.29 is 4.79 Å². The Morgan fingerprint density at radius 2 is 1.88 bits per heavy atom. The lowest BCUT2D eigenvalue weighted by Crippen LogP contribution is -2.43. The van der Waals surface area contributed by atoms with E-state index in [4.69, 9.17) is 11.0 Å². The van der Waals surface area contributed by atoms with E-state index in [9.17, 15) is 4.79 Å². The molecule has 0 saturated carbocycles. The Kier molecular flexibility index (Phi) is 4.96. The number of fused-ring (bicyclic) bond motifs is 1. The molecular formula is C24H23N7O. The van der Waals surface area contributed by atoms with E-state index in [1.165, 1.54) is 0 Å². The first-order valence-corrected chi connectivity index (χ1v) is 10.6. The van der Waals surface area contributed by atoms with E-state index in [0.29, 0.717) is 24.3 Å². The molecule has 0 aliphatic carbocycles. The number of nitrogens with zero attached hydrogens (tertiary/aromatic N) is 6. The monoisotopic (exact) mass is 425 g/mol. The first-order chi connectivity index (χ1) is 15.5. The molecule has 0 radical (unpaired) electrons. The number of hydrogen-bond donors (Lipinski definition) is 1. The van der Waals surface area contributed by atoms with Crippen LogP contribution in [0.15, 0.2) is 54.7 Å². The van der Waals surface area contributed by atoms with Crippen molar-refractivity contribution in [3.63, 3.8) is 0 Å². The Balaban J connectivity index is 1.59. The standard InChI is InChI=1S/C24H23N7O/c1-29-22-7-4-17(12-18(22)15-27-29)23-13-21(24(32)30-10-8-19(26)9-11-30)28-31(23)20-5-2-16(14-25)3-6-20/h2-7,12-13,15,19H,8-11,26H2,1H3. The molecule has 1 saturated heterocycles.